The maximum absolute atomic E-state index is 11.1. The standard InChI is InChI=1S/C11H20N4O3/c1-8(2)14(6-5-7-16)11-10(15(17)18)9(3)12-13(11)4/h8,16H,5-7H2,1-4H3. The molecule has 0 fully saturated rings. The molecule has 0 aromatic carbocycles. The Bertz CT molecular complexity index is 428. The lowest BCUT2D eigenvalue weighted by atomic mass is 10.2. The highest BCUT2D eigenvalue weighted by Gasteiger charge is 2.29. The first-order chi connectivity index (χ1) is 8.40. The molecular formula is C11H20N4O3. The van der Waals surface area contributed by atoms with Crippen LogP contribution < -0.4 is 4.90 Å². The lowest BCUT2D eigenvalue weighted by molar-refractivity contribution is -0.384. The summed E-state index contributed by atoms with van der Waals surface area (Å²) in [6.07, 6.45) is 0.569. The summed E-state index contributed by atoms with van der Waals surface area (Å²) in [5.41, 5.74) is 0.455. The van der Waals surface area contributed by atoms with E-state index in [2.05, 4.69) is 5.10 Å². The van der Waals surface area contributed by atoms with Crippen LogP contribution in [0.2, 0.25) is 0 Å². The number of anilines is 1. The fraction of sp³-hybridized carbons (Fsp3) is 0.727. The van der Waals surface area contributed by atoms with E-state index < -0.39 is 4.92 Å². The zero-order valence-electron chi connectivity index (χ0n) is 11.3. The van der Waals surface area contributed by atoms with E-state index in [1.165, 1.54) is 4.68 Å². The number of nitro groups is 1. The van der Waals surface area contributed by atoms with E-state index in [1.54, 1.807) is 14.0 Å². The number of aryl methyl sites for hydroxylation is 2. The molecule has 1 N–H and O–H groups in total. The predicted molar refractivity (Wildman–Crippen MR) is 68.8 cm³/mol. The summed E-state index contributed by atoms with van der Waals surface area (Å²) in [4.78, 5) is 12.6. The normalized spacial score (nSPS) is 11.0. The highest BCUT2D eigenvalue weighted by Crippen LogP contribution is 2.32. The van der Waals surface area contributed by atoms with E-state index in [0.717, 1.165) is 0 Å². The third kappa shape index (κ3) is 2.79. The second-order valence-electron chi connectivity index (χ2n) is 4.50. The molecule has 18 heavy (non-hydrogen) atoms. The summed E-state index contributed by atoms with van der Waals surface area (Å²) in [6.45, 7) is 6.18. The van der Waals surface area contributed by atoms with E-state index in [4.69, 9.17) is 5.11 Å². The smallest absolute Gasteiger partial charge is 0.333 e. The van der Waals surface area contributed by atoms with Crippen molar-refractivity contribution in [3.8, 4) is 0 Å². The topological polar surface area (TPSA) is 84.4 Å². The molecular weight excluding hydrogens is 236 g/mol. The molecule has 1 aromatic rings. The summed E-state index contributed by atoms with van der Waals surface area (Å²) in [6, 6.07) is 0.102. The van der Waals surface area contributed by atoms with Crippen LogP contribution in [0, 0.1) is 17.0 Å². The van der Waals surface area contributed by atoms with Crippen molar-refractivity contribution in [3.63, 3.8) is 0 Å². The number of aliphatic hydroxyl groups is 1. The number of nitrogens with zero attached hydrogens (tertiary/aromatic N) is 4. The average molecular weight is 256 g/mol. The van der Waals surface area contributed by atoms with Gasteiger partial charge in [0, 0.05) is 26.2 Å². The van der Waals surface area contributed by atoms with Gasteiger partial charge in [-0.2, -0.15) is 5.10 Å². The Balaban J connectivity index is 3.22. The third-order valence-corrected chi connectivity index (χ3v) is 2.80. The van der Waals surface area contributed by atoms with Crippen molar-refractivity contribution < 1.29 is 10.0 Å². The minimum Gasteiger partial charge on any atom is -0.396 e. The van der Waals surface area contributed by atoms with Gasteiger partial charge in [0.25, 0.3) is 0 Å². The molecule has 102 valence electrons. The lowest BCUT2D eigenvalue weighted by Gasteiger charge is -2.27. The molecule has 1 aromatic heterocycles. The van der Waals surface area contributed by atoms with Crippen molar-refractivity contribution in [3.05, 3.63) is 15.8 Å². The van der Waals surface area contributed by atoms with Gasteiger partial charge in [-0.05, 0) is 27.2 Å². The minimum atomic E-state index is -0.397. The number of aliphatic hydroxyl groups excluding tert-OH is 1. The average Bonchev–Trinajstić information content (AvgIpc) is 2.54. The number of hydrogen-bond acceptors (Lipinski definition) is 5. The second kappa shape index (κ2) is 5.81. The molecule has 1 rings (SSSR count). The molecule has 7 heteroatoms. The minimum absolute atomic E-state index is 0.0455. The summed E-state index contributed by atoms with van der Waals surface area (Å²) in [5, 5.41) is 24.2. The maximum Gasteiger partial charge on any atom is 0.333 e. The molecule has 0 saturated heterocycles. The fourth-order valence-electron chi connectivity index (χ4n) is 2.02. The summed E-state index contributed by atoms with van der Waals surface area (Å²) in [7, 11) is 1.70. The summed E-state index contributed by atoms with van der Waals surface area (Å²) in [5.74, 6) is 0.501. The fourth-order valence-corrected chi connectivity index (χ4v) is 2.02. The molecule has 0 unspecified atom stereocenters. The summed E-state index contributed by atoms with van der Waals surface area (Å²) >= 11 is 0. The van der Waals surface area contributed by atoms with Gasteiger partial charge in [-0.15, -0.1) is 0 Å². The van der Waals surface area contributed by atoms with Gasteiger partial charge in [-0.25, -0.2) is 4.68 Å². The van der Waals surface area contributed by atoms with E-state index in [1.807, 2.05) is 18.7 Å². The monoisotopic (exact) mass is 256 g/mol. The molecule has 7 nitrogen and oxygen atoms in total. The van der Waals surface area contributed by atoms with Gasteiger partial charge >= 0.3 is 5.69 Å². The van der Waals surface area contributed by atoms with Crippen molar-refractivity contribution >= 4 is 11.5 Å². The number of aromatic nitrogens is 2. The van der Waals surface area contributed by atoms with Crippen LogP contribution in [0.4, 0.5) is 11.5 Å². The van der Waals surface area contributed by atoms with Crippen LogP contribution in [-0.2, 0) is 7.05 Å². The molecule has 0 amide bonds. The first-order valence-corrected chi connectivity index (χ1v) is 5.95. The van der Waals surface area contributed by atoms with Crippen LogP contribution in [0.1, 0.15) is 26.0 Å². The lowest BCUT2D eigenvalue weighted by Crippen LogP contribution is -2.34. The molecule has 0 aliphatic rings. The third-order valence-electron chi connectivity index (χ3n) is 2.80. The molecule has 0 aliphatic heterocycles. The van der Waals surface area contributed by atoms with Gasteiger partial charge in [-0.1, -0.05) is 0 Å². The van der Waals surface area contributed by atoms with Gasteiger partial charge in [0.15, 0.2) is 0 Å². The van der Waals surface area contributed by atoms with E-state index in [0.29, 0.717) is 24.5 Å². The second-order valence-corrected chi connectivity index (χ2v) is 4.50. The molecule has 0 saturated carbocycles. The SMILES string of the molecule is Cc1nn(C)c(N(CCCO)C(C)C)c1[N+](=O)[O-]. The van der Waals surface area contributed by atoms with Crippen LogP contribution in [0.25, 0.3) is 0 Å². The van der Waals surface area contributed by atoms with E-state index in [-0.39, 0.29) is 18.3 Å². The highest BCUT2D eigenvalue weighted by atomic mass is 16.6. The number of rotatable bonds is 6. The van der Waals surface area contributed by atoms with Crippen molar-refractivity contribution in [2.45, 2.75) is 33.2 Å². The van der Waals surface area contributed by atoms with Crippen molar-refractivity contribution in [1.82, 2.24) is 9.78 Å². The Morgan fingerprint density at radius 3 is 2.61 bits per heavy atom. The Labute approximate surface area is 106 Å². The first-order valence-electron chi connectivity index (χ1n) is 5.95. The largest absolute Gasteiger partial charge is 0.396 e. The van der Waals surface area contributed by atoms with Gasteiger partial charge in [0.1, 0.15) is 5.69 Å². The quantitative estimate of drug-likeness (QED) is 0.611. The highest BCUT2D eigenvalue weighted by molar-refractivity contribution is 5.61. The Kier molecular flexibility index (Phi) is 4.66. The van der Waals surface area contributed by atoms with E-state index in [9.17, 15) is 10.1 Å². The number of hydrogen-bond donors (Lipinski definition) is 1. The zero-order valence-corrected chi connectivity index (χ0v) is 11.3. The van der Waals surface area contributed by atoms with Crippen LogP contribution in [0.5, 0.6) is 0 Å². The molecule has 0 radical (unpaired) electrons. The van der Waals surface area contributed by atoms with Gasteiger partial charge in [-0.3, -0.25) is 10.1 Å². The molecule has 0 bridgehead atoms. The Morgan fingerprint density at radius 2 is 2.17 bits per heavy atom. The van der Waals surface area contributed by atoms with Crippen LogP contribution in [0.3, 0.4) is 0 Å². The maximum atomic E-state index is 11.1. The van der Waals surface area contributed by atoms with Crippen LogP contribution in [-0.4, -0.2) is 39.0 Å². The molecule has 0 atom stereocenters. The summed E-state index contributed by atoms with van der Waals surface area (Å²) < 4.78 is 1.53. The first kappa shape index (κ1) is 14.4. The van der Waals surface area contributed by atoms with Crippen molar-refractivity contribution in [2.75, 3.05) is 18.1 Å². The van der Waals surface area contributed by atoms with Crippen molar-refractivity contribution in [2.24, 2.45) is 7.05 Å². The van der Waals surface area contributed by atoms with Crippen molar-refractivity contribution in [1.29, 1.82) is 0 Å². The molecule has 1 heterocycles. The Morgan fingerprint density at radius 1 is 1.56 bits per heavy atom. The van der Waals surface area contributed by atoms with Crippen LogP contribution in [0.15, 0.2) is 0 Å². The molecule has 0 aliphatic carbocycles. The van der Waals surface area contributed by atoms with Gasteiger partial charge < -0.3 is 10.0 Å². The Hall–Kier alpha value is -1.63. The zero-order chi connectivity index (χ0) is 13.9. The van der Waals surface area contributed by atoms with Gasteiger partial charge in [0.2, 0.25) is 5.82 Å². The molecule has 0 spiro atoms. The van der Waals surface area contributed by atoms with Gasteiger partial charge in [0.05, 0.1) is 4.92 Å². The van der Waals surface area contributed by atoms with Crippen LogP contribution >= 0.6 is 0 Å². The predicted octanol–water partition coefficient (Wildman–Crippen LogP) is 1.23. The van der Waals surface area contributed by atoms with E-state index >= 15 is 0 Å².